The molecule has 0 amide bonds. The van der Waals surface area contributed by atoms with Crippen molar-refractivity contribution in [2.45, 2.75) is 48.0 Å². The van der Waals surface area contributed by atoms with Crippen molar-refractivity contribution in [1.82, 2.24) is 19.8 Å². The molecule has 0 fully saturated rings. The van der Waals surface area contributed by atoms with Crippen LogP contribution in [0, 0.1) is 13.8 Å². The molecule has 0 aliphatic rings. The molecule has 2 rings (SSSR count). The Morgan fingerprint density at radius 2 is 1.69 bits per heavy atom. The zero-order valence-corrected chi connectivity index (χ0v) is 11.2. The third-order valence-electron chi connectivity index (χ3n) is 1.55. The predicted molar refractivity (Wildman–Crippen MR) is 67.6 cm³/mol. The van der Waals surface area contributed by atoms with Gasteiger partial charge >= 0.3 is 0 Å². The van der Waals surface area contributed by atoms with Crippen LogP contribution in [-0.2, 0) is 0 Å². The molecule has 0 saturated heterocycles. The maximum absolute atomic E-state index is 4.13. The van der Waals surface area contributed by atoms with E-state index in [1.165, 1.54) is 6.42 Å². The molecule has 0 aromatic carbocycles. The summed E-state index contributed by atoms with van der Waals surface area (Å²) < 4.78 is 1.72. The van der Waals surface area contributed by atoms with Crippen LogP contribution in [0.2, 0.25) is 0 Å². The van der Waals surface area contributed by atoms with Crippen LogP contribution >= 0.6 is 0 Å². The Hall–Kier alpha value is -1.45. The van der Waals surface area contributed by atoms with Crippen LogP contribution in [0.5, 0.6) is 0 Å². The van der Waals surface area contributed by atoms with Crippen molar-refractivity contribution >= 4 is 5.65 Å². The minimum Gasteiger partial charge on any atom is -0.198 e. The van der Waals surface area contributed by atoms with Crippen molar-refractivity contribution in [1.29, 1.82) is 0 Å². The number of aromatic nitrogens is 4. The number of fused-ring (bicyclic) bond motifs is 1. The second-order valence-corrected chi connectivity index (χ2v) is 3.26. The van der Waals surface area contributed by atoms with Gasteiger partial charge in [0.25, 0.3) is 0 Å². The van der Waals surface area contributed by atoms with E-state index in [9.17, 15) is 0 Å². The van der Waals surface area contributed by atoms with Gasteiger partial charge in [-0.15, -0.1) is 10.2 Å². The highest BCUT2D eigenvalue weighted by Gasteiger charge is 1.99. The highest BCUT2D eigenvalue weighted by Crippen LogP contribution is 2.01. The molecule has 16 heavy (non-hydrogen) atoms. The lowest BCUT2D eigenvalue weighted by Crippen LogP contribution is -1.93. The van der Waals surface area contributed by atoms with E-state index < -0.39 is 0 Å². The number of hydrogen-bond acceptors (Lipinski definition) is 3. The second-order valence-electron chi connectivity index (χ2n) is 3.26. The average molecular weight is 222 g/mol. The summed E-state index contributed by atoms with van der Waals surface area (Å²) in [5.41, 5.74) is 1.91. The molecule has 0 radical (unpaired) electrons. The van der Waals surface area contributed by atoms with Crippen molar-refractivity contribution in [2.24, 2.45) is 0 Å². The average Bonchev–Trinajstić information content (AvgIpc) is 2.64. The third-order valence-corrected chi connectivity index (χ3v) is 1.55. The molecule has 2 heterocycles. The molecule has 4 nitrogen and oxygen atoms in total. The Morgan fingerprint density at radius 3 is 2.25 bits per heavy atom. The van der Waals surface area contributed by atoms with E-state index in [1.807, 2.05) is 33.8 Å². The van der Waals surface area contributed by atoms with Crippen molar-refractivity contribution in [3.05, 3.63) is 23.7 Å². The summed E-state index contributed by atoms with van der Waals surface area (Å²) in [4.78, 5) is 0. The third kappa shape index (κ3) is 3.96. The maximum atomic E-state index is 4.13. The number of rotatable bonds is 0. The van der Waals surface area contributed by atoms with Crippen LogP contribution in [0.1, 0.15) is 45.5 Å². The fraction of sp³-hybridized carbons (Fsp3) is 0.583. The summed E-state index contributed by atoms with van der Waals surface area (Å²) in [5, 5.41) is 11.9. The van der Waals surface area contributed by atoms with Gasteiger partial charge in [-0.3, -0.25) is 0 Å². The molecule has 0 bridgehead atoms. The van der Waals surface area contributed by atoms with Gasteiger partial charge in [0.05, 0.1) is 6.20 Å². The highest BCUT2D eigenvalue weighted by molar-refractivity contribution is 5.37. The summed E-state index contributed by atoms with van der Waals surface area (Å²) >= 11 is 0. The summed E-state index contributed by atoms with van der Waals surface area (Å²) in [6.07, 6.45) is 3.04. The summed E-state index contributed by atoms with van der Waals surface area (Å²) in [7, 11) is 0. The first-order chi connectivity index (χ1) is 7.69. The molecular weight excluding hydrogens is 200 g/mol. The van der Waals surface area contributed by atoms with E-state index in [2.05, 4.69) is 29.1 Å². The van der Waals surface area contributed by atoms with Gasteiger partial charge in [-0.25, -0.2) is 0 Å². The van der Waals surface area contributed by atoms with Gasteiger partial charge in [0.1, 0.15) is 0 Å². The fourth-order valence-corrected chi connectivity index (χ4v) is 0.997. The minimum atomic E-state index is 0.808. The smallest absolute Gasteiger partial charge is 0.178 e. The molecule has 4 heteroatoms. The van der Waals surface area contributed by atoms with Crippen LogP contribution in [0.15, 0.2) is 12.3 Å². The predicted octanol–water partition coefficient (Wildman–Crippen LogP) is 3.18. The van der Waals surface area contributed by atoms with E-state index in [1.54, 1.807) is 10.7 Å². The molecule has 0 N–H and O–H groups in total. The molecule has 0 atom stereocenters. The van der Waals surface area contributed by atoms with E-state index in [0.717, 1.165) is 17.0 Å². The van der Waals surface area contributed by atoms with Gasteiger partial charge in [-0.2, -0.15) is 9.61 Å². The maximum Gasteiger partial charge on any atom is 0.178 e. The monoisotopic (exact) mass is 222 g/mol. The summed E-state index contributed by atoms with van der Waals surface area (Å²) in [6, 6.07) is 1.95. The summed E-state index contributed by atoms with van der Waals surface area (Å²) in [6.45, 7) is 12.1. The lowest BCUT2D eigenvalue weighted by molar-refractivity contribution is 0.869. The highest BCUT2D eigenvalue weighted by atomic mass is 15.4. The van der Waals surface area contributed by atoms with Crippen LogP contribution < -0.4 is 0 Å². The minimum absolute atomic E-state index is 0.808. The first kappa shape index (κ1) is 14.6. The van der Waals surface area contributed by atoms with Crippen LogP contribution in [0.3, 0.4) is 0 Å². The molecular formula is C12H22N4. The van der Waals surface area contributed by atoms with E-state index in [0.29, 0.717) is 0 Å². The van der Waals surface area contributed by atoms with Gasteiger partial charge in [0.2, 0.25) is 0 Å². The molecule has 0 spiro atoms. The molecule has 0 unspecified atom stereocenters. The van der Waals surface area contributed by atoms with E-state index in [4.69, 9.17) is 0 Å². The zero-order chi connectivity index (χ0) is 12.6. The van der Waals surface area contributed by atoms with Crippen molar-refractivity contribution in [2.75, 3.05) is 0 Å². The lowest BCUT2D eigenvalue weighted by atomic mass is 10.3. The van der Waals surface area contributed by atoms with Gasteiger partial charge in [0.15, 0.2) is 11.5 Å². The van der Waals surface area contributed by atoms with Crippen molar-refractivity contribution < 1.29 is 0 Å². The number of nitrogens with zero attached hydrogens (tertiary/aromatic N) is 4. The van der Waals surface area contributed by atoms with E-state index >= 15 is 0 Å². The first-order valence-electron chi connectivity index (χ1n) is 5.83. The molecule has 0 aliphatic heterocycles. The number of hydrogen-bond donors (Lipinski definition) is 0. The molecule has 0 saturated carbocycles. The fourth-order valence-electron chi connectivity index (χ4n) is 0.997. The van der Waals surface area contributed by atoms with Gasteiger partial charge < -0.3 is 0 Å². The topological polar surface area (TPSA) is 43.1 Å². The quantitative estimate of drug-likeness (QED) is 0.687. The normalized spacial score (nSPS) is 8.88. The molecule has 0 aliphatic carbocycles. The van der Waals surface area contributed by atoms with Crippen LogP contribution in [-0.4, -0.2) is 19.8 Å². The Balaban J connectivity index is 0.000000394. The van der Waals surface area contributed by atoms with Gasteiger partial charge in [-0.1, -0.05) is 34.1 Å². The van der Waals surface area contributed by atoms with Crippen molar-refractivity contribution in [3.63, 3.8) is 0 Å². The molecule has 2 aromatic rings. The first-order valence-corrected chi connectivity index (χ1v) is 5.83. The zero-order valence-electron chi connectivity index (χ0n) is 11.2. The largest absolute Gasteiger partial charge is 0.198 e. The van der Waals surface area contributed by atoms with Gasteiger partial charge in [0, 0.05) is 0 Å². The molecule has 2 aromatic heterocycles. The van der Waals surface area contributed by atoms with Gasteiger partial charge in [-0.05, 0) is 25.5 Å². The standard InChI is InChI=1S/C7H8N4.C3H8.C2H6/c1-5-3-7-10-9-6(2)11(7)8-4-5;1-3-2;1-2/h3-4H,1-2H3;3H2,1-2H3;1-2H3. The van der Waals surface area contributed by atoms with Crippen LogP contribution in [0.4, 0.5) is 0 Å². The Kier molecular flexibility index (Phi) is 7.09. The molecule has 90 valence electrons. The Labute approximate surface area is 97.7 Å². The lowest BCUT2D eigenvalue weighted by Gasteiger charge is -1.92. The second kappa shape index (κ2) is 7.79. The Morgan fingerprint density at radius 1 is 1.12 bits per heavy atom. The SMILES string of the molecule is CC.CCC.Cc1cnn2c(C)nnc2c1. The number of aryl methyl sites for hydroxylation is 2. The van der Waals surface area contributed by atoms with Crippen LogP contribution in [0.25, 0.3) is 5.65 Å². The van der Waals surface area contributed by atoms with Crippen molar-refractivity contribution in [3.8, 4) is 0 Å². The Bertz CT molecular complexity index is 406. The van der Waals surface area contributed by atoms with E-state index in [-0.39, 0.29) is 0 Å². The summed E-state index contributed by atoms with van der Waals surface area (Å²) in [5.74, 6) is 0.819.